The third-order valence-corrected chi connectivity index (χ3v) is 3.86. The largest absolute Gasteiger partial charge is 0.487 e. The summed E-state index contributed by atoms with van der Waals surface area (Å²) in [6.07, 6.45) is 0. The highest BCUT2D eigenvalue weighted by Gasteiger charge is 2.12. The fourth-order valence-electron chi connectivity index (χ4n) is 2.33. The molecule has 0 fully saturated rings. The second-order valence-electron chi connectivity index (χ2n) is 6.46. The van der Waals surface area contributed by atoms with Crippen LogP contribution in [0.4, 0.5) is 5.69 Å². The van der Waals surface area contributed by atoms with Crippen molar-refractivity contribution in [3.8, 4) is 5.75 Å². The average Bonchev–Trinajstić information content (AvgIpc) is 2.53. The molecule has 122 valence electrons. The Labute approximate surface area is 138 Å². The monoisotopic (exact) mass is 311 g/mol. The number of ketones is 1. The molecule has 2 N–H and O–H groups in total. The first-order valence-electron chi connectivity index (χ1n) is 8.04. The van der Waals surface area contributed by atoms with Gasteiger partial charge in [-0.3, -0.25) is 4.79 Å². The molecule has 0 saturated heterocycles. The first-order chi connectivity index (χ1) is 10.9. The normalized spacial score (nSPS) is 11.0. The lowest BCUT2D eigenvalue weighted by molar-refractivity contribution is 0.0939. The lowest BCUT2D eigenvalue weighted by Gasteiger charge is -2.12. The molecule has 0 bridgehead atoms. The number of rotatable bonds is 6. The van der Waals surface area contributed by atoms with Crippen LogP contribution in [0.15, 0.2) is 42.5 Å². The number of ether oxygens (including phenoxy) is 1. The fraction of sp³-hybridized carbons (Fsp3) is 0.350. The van der Waals surface area contributed by atoms with Crippen molar-refractivity contribution in [3.05, 3.63) is 59.2 Å². The van der Waals surface area contributed by atoms with E-state index in [2.05, 4.69) is 38.1 Å². The number of carbonyl (C=O) groups is 1. The summed E-state index contributed by atoms with van der Waals surface area (Å²) in [5.41, 5.74) is 9.54. The summed E-state index contributed by atoms with van der Waals surface area (Å²) in [7, 11) is 0. The predicted molar refractivity (Wildman–Crippen MR) is 94.9 cm³/mol. The van der Waals surface area contributed by atoms with Crippen molar-refractivity contribution < 1.29 is 9.53 Å². The number of benzene rings is 2. The lowest BCUT2D eigenvalue weighted by Crippen LogP contribution is -2.08. The zero-order valence-electron chi connectivity index (χ0n) is 14.3. The van der Waals surface area contributed by atoms with Gasteiger partial charge in [-0.1, -0.05) is 52.0 Å². The van der Waals surface area contributed by atoms with Crippen LogP contribution in [-0.2, 0) is 6.61 Å². The van der Waals surface area contributed by atoms with Gasteiger partial charge in [-0.2, -0.15) is 0 Å². The van der Waals surface area contributed by atoms with Crippen molar-refractivity contribution in [3.63, 3.8) is 0 Å². The van der Waals surface area contributed by atoms with Gasteiger partial charge in [0.25, 0.3) is 0 Å². The number of hydrogen-bond acceptors (Lipinski definition) is 3. The molecular formula is C20H25NO2. The molecule has 2 aromatic carbocycles. The van der Waals surface area contributed by atoms with Gasteiger partial charge in [0.15, 0.2) is 5.78 Å². The number of carbonyl (C=O) groups excluding carboxylic acids is 1. The summed E-state index contributed by atoms with van der Waals surface area (Å²) in [6, 6.07) is 13.6. The zero-order valence-corrected chi connectivity index (χ0v) is 14.3. The predicted octanol–water partition coefficient (Wildman–Crippen LogP) is 4.81. The highest BCUT2D eigenvalue weighted by atomic mass is 16.5. The molecule has 0 atom stereocenters. The molecule has 2 rings (SSSR count). The van der Waals surface area contributed by atoms with Crippen molar-refractivity contribution in [1.82, 2.24) is 0 Å². The molecule has 0 saturated carbocycles. The van der Waals surface area contributed by atoms with Crippen molar-refractivity contribution in [2.24, 2.45) is 5.92 Å². The Bertz CT molecular complexity index is 673. The van der Waals surface area contributed by atoms with Crippen LogP contribution in [0.1, 0.15) is 55.1 Å². The van der Waals surface area contributed by atoms with E-state index in [1.165, 1.54) is 5.56 Å². The van der Waals surface area contributed by atoms with Crippen LogP contribution in [0.3, 0.4) is 0 Å². The van der Waals surface area contributed by atoms with Crippen LogP contribution in [0.2, 0.25) is 0 Å². The van der Waals surface area contributed by atoms with E-state index in [0.717, 1.165) is 5.56 Å². The minimum atomic E-state index is -0.0411. The summed E-state index contributed by atoms with van der Waals surface area (Å²) < 4.78 is 5.78. The van der Waals surface area contributed by atoms with Gasteiger partial charge in [-0.15, -0.1) is 0 Å². The summed E-state index contributed by atoms with van der Waals surface area (Å²) in [5, 5.41) is 0. The van der Waals surface area contributed by atoms with Crippen LogP contribution < -0.4 is 10.5 Å². The number of Topliss-reactive ketones (excluding diaryl/α,β-unsaturated/α-hetero) is 1. The molecule has 0 amide bonds. The molecule has 0 radical (unpaired) electrons. The second kappa shape index (κ2) is 7.32. The van der Waals surface area contributed by atoms with Crippen molar-refractivity contribution in [1.29, 1.82) is 0 Å². The molecule has 0 aliphatic rings. The molecule has 23 heavy (non-hydrogen) atoms. The molecule has 3 nitrogen and oxygen atoms in total. The third-order valence-electron chi connectivity index (χ3n) is 3.86. The van der Waals surface area contributed by atoms with E-state index in [0.29, 0.717) is 29.5 Å². The van der Waals surface area contributed by atoms with Gasteiger partial charge >= 0.3 is 0 Å². The summed E-state index contributed by atoms with van der Waals surface area (Å²) in [5.74, 6) is 1.18. The first kappa shape index (κ1) is 17.1. The number of nitrogens with two attached hydrogens (primary N) is 1. The standard InChI is InChI=1S/C20H25NO2/c1-13(2)16-7-5-15(6-8-16)12-23-19-10-9-17(11-18(19)21)20(22)14(3)4/h5-11,13-14H,12,21H2,1-4H3. The van der Waals surface area contributed by atoms with Gasteiger partial charge in [0, 0.05) is 11.5 Å². The molecular weight excluding hydrogens is 286 g/mol. The van der Waals surface area contributed by atoms with E-state index < -0.39 is 0 Å². The maximum Gasteiger partial charge on any atom is 0.165 e. The minimum Gasteiger partial charge on any atom is -0.487 e. The highest BCUT2D eigenvalue weighted by molar-refractivity contribution is 5.98. The maximum atomic E-state index is 12.0. The van der Waals surface area contributed by atoms with Gasteiger partial charge in [-0.05, 0) is 35.2 Å². The van der Waals surface area contributed by atoms with E-state index in [-0.39, 0.29) is 11.7 Å². The SMILES string of the molecule is CC(C)C(=O)c1ccc(OCc2ccc(C(C)C)cc2)c(N)c1. The Balaban J connectivity index is 2.04. The van der Waals surface area contributed by atoms with Gasteiger partial charge in [0.05, 0.1) is 5.69 Å². The second-order valence-corrected chi connectivity index (χ2v) is 6.46. The molecule has 0 aliphatic carbocycles. The Morgan fingerprint density at radius 1 is 1.04 bits per heavy atom. The van der Waals surface area contributed by atoms with E-state index in [1.54, 1.807) is 18.2 Å². The van der Waals surface area contributed by atoms with Gasteiger partial charge in [0.1, 0.15) is 12.4 Å². The molecule has 0 aromatic heterocycles. The maximum absolute atomic E-state index is 12.0. The number of anilines is 1. The van der Waals surface area contributed by atoms with E-state index in [1.807, 2.05) is 13.8 Å². The summed E-state index contributed by atoms with van der Waals surface area (Å²) in [4.78, 5) is 12.0. The highest BCUT2D eigenvalue weighted by Crippen LogP contribution is 2.25. The summed E-state index contributed by atoms with van der Waals surface area (Å²) in [6.45, 7) is 8.56. The topological polar surface area (TPSA) is 52.3 Å². The molecule has 2 aromatic rings. The molecule has 0 heterocycles. The van der Waals surface area contributed by atoms with Crippen LogP contribution in [0, 0.1) is 5.92 Å². The van der Waals surface area contributed by atoms with Crippen LogP contribution in [0.5, 0.6) is 5.75 Å². The Morgan fingerprint density at radius 2 is 1.70 bits per heavy atom. The molecule has 0 aliphatic heterocycles. The Morgan fingerprint density at radius 3 is 2.22 bits per heavy atom. The van der Waals surface area contributed by atoms with E-state index in [4.69, 9.17) is 10.5 Å². The van der Waals surface area contributed by atoms with Gasteiger partial charge < -0.3 is 10.5 Å². The zero-order chi connectivity index (χ0) is 17.0. The van der Waals surface area contributed by atoms with Crippen molar-refractivity contribution >= 4 is 11.5 Å². The van der Waals surface area contributed by atoms with Gasteiger partial charge in [0.2, 0.25) is 0 Å². The van der Waals surface area contributed by atoms with Crippen molar-refractivity contribution in [2.45, 2.75) is 40.2 Å². The minimum absolute atomic E-state index is 0.0411. The van der Waals surface area contributed by atoms with E-state index in [9.17, 15) is 4.79 Å². The van der Waals surface area contributed by atoms with Gasteiger partial charge in [-0.25, -0.2) is 0 Å². The van der Waals surface area contributed by atoms with Crippen LogP contribution >= 0.6 is 0 Å². The number of nitrogen functional groups attached to an aromatic ring is 1. The first-order valence-corrected chi connectivity index (χ1v) is 8.04. The Kier molecular flexibility index (Phi) is 5.43. The third kappa shape index (κ3) is 4.35. The van der Waals surface area contributed by atoms with Crippen LogP contribution in [0.25, 0.3) is 0 Å². The van der Waals surface area contributed by atoms with E-state index >= 15 is 0 Å². The lowest BCUT2D eigenvalue weighted by atomic mass is 10.0. The Hall–Kier alpha value is -2.29. The average molecular weight is 311 g/mol. The number of hydrogen-bond donors (Lipinski definition) is 1. The quantitative estimate of drug-likeness (QED) is 0.615. The van der Waals surface area contributed by atoms with Crippen molar-refractivity contribution in [2.75, 3.05) is 5.73 Å². The molecule has 0 unspecified atom stereocenters. The summed E-state index contributed by atoms with van der Waals surface area (Å²) >= 11 is 0. The molecule has 3 heteroatoms. The smallest absolute Gasteiger partial charge is 0.165 e. The van der Waals surface area contributed by atoms with Crippen LogP contribution in [-0.4, -0.2) is 5.78 Å². The fourth-order valence-corrected chi connectivity index (χ4v) is 2.33. The molecule has 0 spiro atoms.